The van der Waals surface area contributed by atoms with Crippen LogP contribution in [-0.2, 0) is 13.8 Å². The molecule has 118 valence electrons. The molecule has 0 aliphatic carbocycles. The highest BCUT2D eigenvalue weighted by atomic mass is 31.2. The topological polar surface area (TPSA) is 177 Å². The molecule has 21 heavy (non-hydrogen) atoms. The lowest BCUT2D eigenvalue weighted by Crippen LogP contribution is -2.37. The van der Waals surface area contributed by atoms with Gasteiger partial charge in [0.25, 0.3) is 0 Å². The summed E-state index contributed by atoms with van der Waals surface area (Å²) >= 11 is 0. The van der Waals surface area contributed by atoms with Crippen molar-refractivity contribution in [3.8, 4) is 0 Å². The molecule has 1 fully saturated rings. The molecule has 6 N–H and O–H groups in total. The summed E-state index contributed by atoms with van der Waals surface area (Å²) in [5.41, 5.74) is 4.48. The molecule has 1 aromatic heterocycles. The number of aliphatic hydroxyl groups is 2. The van der Waals surface area contributed by atoms with E-state index in [0.29, 0.717) is 0 Å². The number of hydrogen-bond donors (Lipinski definition) is 5. The minimum Gasteiger partial charge on any atom is -0.394 e. The van der Waals surface area contributed by atoms with Crippen molar-refractivity contribution in [2.24, 2.45) is 0 Å². The first-order chi connectivity index (χ1) is 9.73. The molecule has 11 nitrogen and oxygen atoms in total. The number of aromatic nitrogens is 2. The van der Waals surface area contributed by atoms with Crippen LogP contribution in [0.15, 0.2) is 17.1 Å². The Labute approximate surface area is 117 Å². The molecule has 2 rings (SSSR count). The van der Waals surface area contributed by atoms with E-state index in [-0.39, 0.29) is 5.82 Å². The molecule has 0 radical (unpaired) electrons. The zero-order valence-corrected chi connectivity index (χ0v) is 11.4. The maximum atomic E-state index is 11.7. The van der Waals surface area contributed by atoms with Crippen molar-refractivity contribution < 1.29 is 33.8 Å². The van der Waals surface area contributed by atoms with Gasteiger partial charge in [-0.3, -0.25) is 9.09 Å². The summed E-state index contributed by atoms with van der Waals surface area (Å²) in [6.45, 7) is -0.629. The van der Waals surface area contributed by atoms with Gasteiger partial charge >= 0.3 is 13.5 Å². The molecular formula is C9H14N3O8P. The van der Waals surface area contributed by atoms with E-state index in [2.05, 4.69) is 9.51 Å². The minimum atomic E-state index is -4.95. The standard InChI is InChI=1S/C9H14N3O8P/c10-5-1-2-12(9(15)11-5)8-7(20-21(16,17)18)6(14)4(3-13)19-8/h1-2,4,6-8,13-14H,3H2,(H2,10,11,15)(H2,16,17,18)/t4-,6+,7-,8+/m0/s1. The third kappa shape index (κ3) is 3.47. The van der Waals surface area contributed by atoms with Crippen molar-refractivity contribution in [3.63, 3.8) is 0 Å². The molecule has 1 aliphatic heterocycles. The first-order valence-corrected chi connectivity index (χ1v) is 7.29. The fourth-order valence-corrected chi connectivity index (χ4v) is 2.53. The normalized spacial score (nSPS) is 29.7. The summed E-state index contributed by atoms with van der Waals surface area (Å²) in [5, 5.41) is 18.9. The van der Waals surface area contributed by atoms with Gasteiger partial charge in [-0.05, 0) is 6.07 Å². The summed E-state index contributed by atoms with van der Waals surface area (Å²) in [5.74, 6) is -0.0547. The van der Waals surface area contributed by atoms with Crippen molar-refractivity contribution in [3.05, 3.63) is 22.7 Å². The van der Waals surface area contributed by atoms with E-state index in [1.165, 1.54) is 12.3 Å². The summed E-state index contributed by atoms with van der Waals surface area (Å²) in [6.07, 6.45) is -4.47. The van der Waals surface area contributed by atoms with E-state index >= 15 is 0 Å². The molecular weight excluding hydrogens is 309 g/mol. The fourth-order valence-electron chi connectivity index (χ4n) is 1.98. The lowest BCUT2D eigenvalue weighted by Gasteiger charge is -2.22. The van der Waals surface area contributed by atoms with Crippen LogP contribution in [0.1, 0.15) is 6.23 Å². The van der Waals surface area contributed by atoms with Crippen molar-refractivity contribution in [1.29, 1.82) is 0 Å². The van der Waals surface area contributed by atoms with Gasteiger partial charge in [0.15, 0.2) is 6.23 Å². The van der Waals surface area contributed by atoms with E-state index in [4.69, 9.17) is 25.4 Å². The highest BCUT2D eigenvalue weighted by Gasteiger charge is 2.48. The first kappa shape index (κ1) is 16.0. The highest BCUT2D eigenvalue weighted by Crippen LogP contribution is 2.44. The number of aliphatic hydroxyl groups excluding tert-OH is 2. The number of nitrogen functional groups attached to an aromatic ring is 1. The van der Waals surface area contributed by atoms with Crippen LogP contribution in [0.2, 0.25) is 0 Å². The second-order valence-electron chi connectivity index (χ2n) is 4.34. The Morgan fingerprint density at radius 1 is 1.52 bits per heavy atom. The maximum absolute atomic E-state index is 11.7. The minimum absolute atomic E-state index is 0.0547. The Morgan fingerprint density at radius 2 is 2.19 bits per heavy atom. The Balaban J connectivity index is 2.39. The monoisotopic (exact) mass is 323 g/mol. The molecule has 1 aliphatic rings. The second kappa shape index (κ2) is 5.81. The number of hydrogen-bond acceptors (Lipinski definition) is 8. The maximum Gasteiger partial charge on any atom is 0.470 e. The van der Waals surface area contributed by atoms with Crippen LogP contribution < -0.4 is 11.4 Å². The van der Waals surface area contributed by atoms with Crippen LogP contribution in [-0.4, -0.2) is 54.5 Å². The lowest BCUT2D eigenvalue weighted by molar-refractivity contribution is -0.0543. The third-order valence-corrected chi connectivity index (χ3v) is 3.40. The molecule has 4 atom stereocenters. The fraction of sp³-hybridized carbons (Fsp3) is 0.556. The van der Waals surface area contributed by atoms with Crippen LogP contribution in [0.5, 0.6) is 0 Å². The number of phosphoric acid groups is 1. The molecule has 12 heteroatoms. The van der Waals surface area contributed by atoms with Crippen molar-refractivity contribution in [2.75, 3.05) is 12.3 Å². The van der Waals surface area contributed by atoms with Crippen molar-refractivity contribution in [2.45, 2.75) is 24.5 Å². The van der Waals surface area contributed by atoms with Gasteiger partial charge < -0.3 is 30.5 Å². The largest absolute Gasteiger partial charge is 0.470 e. The van der Waals surface area contributed by atoms with E-state index in [1.807, 2.05) is 0 Å². The second-order valence-corrected chi connectivity index (χ2v) is 5.53. The number of nitrogens with zero attached hydrogens (tertiary/aromatic N) is 2. The molecule has 1 aromatic rings. The Hall–Kier alpha value is -1.33. The molecule has 2 heterocycles. The van der Waals surface area contributed by atoms with Gasteiger partial charge in [0.1, 0.15) is 24.1 Å². The molecule has 0 aromatic carbocycles. The quantitative estimate of drug-likeness (QED) is 0.374. The van der Waals surface area contributed by atoms with Gasteiger partial charge in [0.2, 0.25) is 0 Å². The summed E-state index contributed by atoms with van der Waals surface area (Å²) in [7, 11) is -4.95. The van der Waals surface area contributed by atoms with Crippen LogP contribution in [0, 0.1) is 0 Å². The van der Waals surface area contributed by atoms with Gasteiger partial charge in [-0.2, -0.15) is 4.98 Å². The van der Waals surface area contributed by atoms with E-state index < -0.39 is 44.7 Å². The van der Waals surface area contributed by atoms with Gasteiger partial charge in [-0.15, -0.1) is 0 Å². The highest BCUT2D eigenvalue weighted by molar-refractivity contribution is 7.46. The summed E-state index contributed by atoms with van der Waals surface area (Å²) in [6, 6.07) is 1.26. The molecule has 0 amide bonds. The van der Waals surface area contributed by atoms with Crippen LogP contribution in [0.4, 0.5) is 5.82 Å². The van der Waals surface area contributed by atoms with Crippen LogP contribution in [0.3, 0.4) is 0 Å². The molecule has 0 unspecified atom stereocenters. The van der Waals surface area contributed by atoms with Gasteiger partial charge in [0.05, 0.1) is 6.61 Å². The SMILES string of the molecule is Nc1ccn([C@@H]2O[C@@H](CO)[C@@H](O)[C@@H]2OP(=O)(O)O)c(=O)n1. The van der Waals surface area contributed by atoms with Gasteiger partial charge in [-0.1, -0.05) is 0 Å². The van der Waals surface area contributed by atoms with Crippen LogP contribution in [0.25, 0.3) is 0 Å². The number of phosphoric ester groups is 1. The van der Waals surface area contributed by atoms with E-state index in [1.54, 1.807) is 0 Å². The lowest BCUT2D eigenvalue weighted by atomic mass is 10.1. The average Bonchev–Trinajstić information content (AvgIpc) is 2.65. The third-order valence-electron chi connectivity index (χ3n) is 2.88. The number of anilines is 1. The molecule has 0 saturated carbocycles. The van der Waals surface area contributed by atoms with E-state index in [9.17, 15) is 14.5 Å². The van der Waals surface area contributed by atoms with Gasteiger partial charge in [-0.25, -0.2) is 9.36 Å². The van der Waals surface area contributed by atoms with Crippen LogP contribution >= 0.6 is 7.82 Å². The first-order valence-electron chi connectivity index (χ1n) is 5.76. The molecule has 0 bridgehead atoms. The number of rotatable bonds is 4. The predicted molar refractivity (Wildman–Crippen MR) is 66.8 cm³/mol. The number of nitrogens with two attached hydrogens (primary N) is 1. The Kier molecular flexibility index (Phi) is 4.44. The van der Waals surface area contributed by atoms with Gasteiger partial charge in [0, 0.05) is 6.20 Å². The predicted octanol–water partition coefficient (Wildman–Crippen LogP) is -2.45. The summed E-state index contributed by atoms with van der Waals surface area (Å²) in [4.78, 5) is 32.9. The van der Waals surface area contributed by atoms with Crippen molar-refractivity contribution >= 4 is 13.6 Å². The average molecular weight is 323 g/mol. The Morgan fingerprint density at radius 3 is 2.71 bits per heavy atom. The Bertz CT molecular complexity index is 615. The molecule has 0 spiro atoms. The zero-order chi connectivity index (χ0) is 15.8. The van der Waals surface area contributed by atoms with E-state index in [0.717, 1.165) is 4.57 Å². The summed E-state index contributed by atoms with van der Waals surface area (Å²) < 4.78 is 21.5. The zero-order valence-electron chi connectivity index (χ0n) is 10.5. The number of ether oxygens (including phenoxy) is 1. The smallest absolute Gasteiger partial charge is 0.394 e. The molecule has 1 saturated heterocycles. The van der Waals surface area contributed by atoms with Crippen molar-refractivity contribution in [1.82, 2.24) is 9.55 Å².